The molecule has 2 aliphatic rings. The molecule has 1 aliphatic heterocycles. The van der Waals surface area contributed by atoms with E-state index in [1.54, 1.807) is 12.4 Å². The Kier molecular flexibility index (Phi) is 5.54. The number of hydrogen-bond donors (Lipinski definition) is 0. The molecule has 1 atom stereocenters. The first-order valence-corrected chi connectivity index (χ1v) is 11.4. The van der Waals surface area contributed by atoms with Crippen molar-refractivity contribution in [2.75, 3.05) is 13.1 Å². The highest BCUT2D eigenvalue weighted by atomic mass is 16.2. The van der Waals surface area contributed by atoms with Crippen molar-refractivity contribution in [3.63, 3.8) is 0 Å². The van der Waals surface area contributed by atoms with Gasteiger partial charge in [0, 0.05) is 37.6 Å². The van der Waals surface area contributed by atoms with Gasteiger partial charge in [-0.25, -0.2) is 0 Å². The summed E-state index contributed by atoms with van der Waals surface area (Å²) in [5.74, 6) is 1.04. The molecule has 0 bridgehead atoms. The molecule has 4 heteroatoms. The summed E-state index contributed by atoms with van der Waals surface area (Å²) in [7, 11) is 0. The number of aryl methyl sites for hydroxylation is 3. The Hall–Kier alpha value is -3.01. The van der Waals surface area contributed by atoms with E-state index in [0.29, 0.717) is 18.3 Å². The van der Waals surface area contributed by atoms with Gasteiger partial charge in [0.2, 0.25) is 5.91 Å². The first-order chi connectivity index (χ1) is 15.2. The number of likely N-dealkylation sites (tertiary alicyclic amines) is 1. The maximum absolute atomic E-state index is 12.8. The Balaban J connectivity index is 1.37. The molecule has 1 fully saturated rings. The molecule has 0 radical (unpaired) electrons. The minimum atomic E-state index is 0.210. The number of carbonyl (C=O) groups excluding carboxylic acids is 1. The summed E-state index contributed by atoms with van der Waals surface area (Å²) in [4.78, 5) is 23.9. The van der Waals surface area contributed by atoms with Gasteiger partial charge in [0.1, 0.15) is 0 Å². The molecule has 0 saturated carbocycles. The SMILES string of the molecule is Cc1ccc2c(c1)CCc1cccnc1C2C1CCN(C(=O)Cc2cccnc2)CC1. The van der Waals surface area contributed by atoms with Crippen LogP contribution in [0.2, 0.25) is 0 Å². The number of nitrogens with zero attached hydrogens (tertiary/aromatic N) is 3. The van der Waals surface area contributed by atoms with Crippen molar-refractivity contribution in [1.29, 1.82) is 0 Å². The molecule has 1 aliphatic carbocycles. The lowest BCUT2D eigenvalue weighted by molar-refractivity contribution is -0.131. The van der Waals surface area contributed by atoms with Crippen LogP contribution in [-0.4, -0.2) is 33.9 Å². The summed E-state index contributed by atoms with van der Waals surface area (Å²) < 4.78 is 0. The molecule has 0 N–H and O–H groups in total. The Morgan fingerprint density at radius 2 is 1.84 bits per heavy atom. The van der Waals surface area contributed by atoms with E-state index in [4.69, 9.17) is 4.98 Å². The molecular formula is C27H29N3O. The van der Waals surface area contributed by atoms with Crippen molar-refractivity contribution < 1.29 is 4.79 Å². The molecule has 5 rings (SSSR count). The predicted octanol–water partition coefficient (Wildman–Crippen LogP) is 4.50. The Morgan fingerprint density at radius 1 is 1.03 bits per heavy atom. The van der Waals surface area contributed by atoms with Gasteiger partial charge < -0.3 is 4.90 Å². The molecular weight excluding hydrogens is 382 g/mol. The summed E-state index contributed by atoms with van der Waals surface area (Å²) in [6, 6.07) is 15.1. The second-order valence-corrected chi connectivity index (χ2v) is 8.98. The van der Waals surface area contributed by atoms with Gasteiger partial charge in [-0.15, -0.1) is 0 Å². The summed E-state index contributed by atoms with van der Waals surface area (Å²) in [6.45, 7) is 3.82. The quantitative estimate of drug-likeness (QED) is 0.638. The van der Waals surface area contributed by atoms with Crippen LogP contribution in [0.15, 0.2) is 61.1 Å². The van der Waals surface area contributed by atoms with Gasteiger partial charge >= 0.3 is 0 Å². The largest absolute Gasteiger partial charge is 0.342 e. The summed E-state index contributed by atoms with van der Waals surface area (Å²) in [6.07, 6.45) is 10.1. The summed E-state index contributed by atoms with van der Waals surface area (Å²) in [5, 5.41) is 0. The number of rotatable bonds is 3. The number of pyridine rings is 2. The molecule has 1 unspecified atom stereocenters. The average molecular weight is 412 g/mol. The molecule has 2 aromatic heterocycles. The molecule has 31 heavy (non-hydrogen) atoms. The lowest BCUT2D eigenvalue weighted by Crippen LogP contribution is -2.40. The maximum Gasteiger partial charge on any atom is 0.227 e. The monoisotopic (exact) mass is 411 g/mol. The molecule has 3 heterocycles. The van der Waals surface area contributed by atoms with Crippen molar-refractivity contribution in [2.45, 2.75) is 44.9 Å². The number of hydrogen-bond acceptors (Lipinski definition) is 3. The van der Waals surface area contributed by atoms with Crippen LogP contribution in [0.25, 0.3) is 0 Å². The highest BCUT2D eigenvalue weighted by molar-refractivity contribution is 5.78. The van der Waals surface area contributed by atoms with E-state index in [9.17, 15) is 4.79 Å². The Bertz CT molecular complexity index is 1070. The van der Waals surface area contributed by atoms with Crippen LogP contribution in [0.3, 0.4) is 0 Å². The van der Waals surface area contributed by atoms with Crippen LogP contribution in [0, 0.1) is 12.8 Å². The van der Waals surface area contributed by atoms with Crippen LogP contribution in [0.1, 0.15) is 52.3 Å². The predicted molar refractivity (Wildman–Crippen MR) is 122 cm³/mol. The minimum absolute atomic E-state index is 0.210. The van der Waals surface area contributed by atoms with Gasteiger partial charge in [0.05, 0.1) is 12.1 Å². The smallest absolute Gasteiger partial charge is 0.227 e. The molecule has 4 nitrogen and oxygen atoms in total. The standard InChI is InChI=1S/C27H29N3O/c1-19-6-9-24-23(16-19)8-7-22-5-3-13-29-27(22)26(24)21-10-14-30(15-11-21)25(31)17-20-4-2-12-28-18-20/h2-6,9,12-13,16,18,21,26H,7-8,10-11,14-15,17H2,1H3. The fourth-order valence-corrected chi connectivity index (χ4v) is 5.36. The van der Waals surface area contributed by atoms with Gasteiger partial charge in [0.15, 0.2) is 0 Å². The molecule has 1 amide bonds. The van der Waals surface area contributed by atoms with Crippen molar-refractivity contribution in [1.82, 2.24) is 14.9 Å². The third kappa shape index (κ3) is 4.12. The number of fused-ring (bicyclic) bond motifs is 2. The third-order valence-corrected chi connectivity index (χ3v) is 6.96. The second-order valence-electron chi connectivity index (χ2n) is 8.98. The van der Waals surface area contributed by atoms with Crippen LogP contribution in [-0.2, 0) is 24.1 Å². The van der Waals surface area contributed by atoms with E-state index in [2.05, 4.69) is 42.2 Å². The van der Waals surface area contributed by atoms with E-state index in [1.807, 2.05) is 23.2 Å². The van der Waals surface area contributed by atoms with Crippen molar-refractivity contribution in [2.24, 2.45) is 5.92 Å². The van der Waals surface area contributed by atoms with Gasteiger partial charge in [-0.2, -0.15) is 0 Å². The maximum atomic E-state index is 12.8. The number of amides is 1. The Labute approximate surface area is 184 Å². The highest BCUT2D eigenvalue weighted by Crippen LogP contribution is 2.42. The van der Waals surface area contributed by atoms with Gasteiger partial charge in [-0.3, -0.25) is 14.8 Å². The molecule has 1 aromatic carbocycles. The zero-order valence-corrected chi connectivity index (χ0v) is 18.1. The van der Waals surface area contributed by atoms with E-state index >= 15 is 0 Å². The number of piperidine rings is 1. The van der Waals surface area contributed by atoms with E-state index < -0.39 is 0 Å². The van der Waals surface area contributed by atoms with Crippen LogP contribution in [0.4, 0.5) is 0 Å². The second kappa shape index (κ2) is 8.62. The van der Waals surface area contributed by atoms with Crippen LogP contribution in [0.5, 0.6) is 0 Å². The van der Waals surface area contributed by atoms with E-state index in [0.717, 1.165) is 44.3 Å². The molecule has 3 aromatic rings. The zero-order chi connectivity index (χ0) is 21.2. The minimum Gasteiger partial charge on any atom is -0.342 e. The number of aromatic nitrogens is 2. The zero-order valence-electron chi connectivity index (χ0n) is 18.1. The topological polar surface area (TPSA) is 46.1 Å². The normalized spacial score (nSPS) is 18.7. The molecule has 1 saturated heterocycles. The summed E-state index contributed by atoms with van der Waals surface area (Å²) >= 11 is 0. The van der Waals surface area contributed by atoms with Crippen LogP contribution >= 0.6 is 0 Å². The molecule has 0 spiro atoms. The fourth-order valence-electron chi connectivity index (χ4n) is 5.36. The average Bonchev–Trinajstić information content (AvgIpc) is 2.96. The van der Waals surface area contributed by atoms with Crippen molar-refractivity contribution >= 4 is 5.91 Å². The van der Waals surface area contributed by atoms with Gasteiger partial charge in [-0.05, 0) is 72.9 Å². The number of benzene rings is 1. The summed E-state index contributed by atoms with van der Waals surface area (Å²) in [5.41, 5.74) is 7.87. The lowest BCUT2D eigenvalue weighted by Gasteiger charge is -2.37. The Morgan fingerprint density at radius 3 is 2.65 bits per heavy atom. The highest BCUT2D eigenvalue weighted by Gasteiger charge is 2.34. The fraction of sp³-hybridized carbons (Fsp3) is 0.370. The lowest BCUT2D eigenvalue weighted by atomic mass is 9.76. The van der Waals surface area contributed by atoms with Gasteiger partial charge in [-0.1, -0.05) is 35.9 Å². The van der Waals surface area contributed by atoms with E-state index in [-0.39, 0.29) is 5.91 Å². The molecule has 158 valence electrons. The first-order valence-electron chi connectivity index (χ1n) is 11.4. The van der Waals surface area contributed by atoms with Crippen LogP contribution < -0.4 is 0 Å². The van der Waals surface area contributed by atoms with E-state index in [1.165, 1.54) is 27.9 Å². The van der Waals surface area contributed by atoms with Crippen molar-refractivity contribution in [3.8, 4) is 0 Å². The van der Waals surface area contributed by atoms with Gasteiger partial charge in [0.25, 0.3) is 0 Å². The number of carbonyl (C=O) groups is 1. The first kappa shape index (κ1) is 19.9. The third-order valence-electron chi connectivity index (χ3n) is 6.96. The van der Waals surface area contributed by atoms with Crippen molar-refractivity contribution in [3.05, 3.63) is 94.6 Å².